The molecule has 2 N–H and O–H groups in total. The van der Waals surface area contributed by atoms with Gasteiger partial charge in [-0.2, -0.15) is 5.10 Å². The molecule has 2 aliphatic rings. The van der Waals surface area contributed by atoms with E-state index in [2.05, 4.69) is 30.5 Å². The van der Waals surface area contributed by atoms with Crippen LogP contribution in [0.2, 0.25) is 0 Å². The van der Waals surface area contributed by atoms with Crippen LogP contribution < -0.4 is 10.6 Å². The minimum atomic E-state index is 0.302. The average Bonchev–Trinajstić information content (AvgIpc) is 3.44. The summed E-state index contributed by atoms with van der Waals surface area (Å²) in [6.45, 7) is 7.27. The van der Waals surface area contributed by atoms with E-state index in [-0.39, 0.29) is 0 Å². The summed E-state index contributed by atoms with van der Waals surface area (Å²) in [7, 11) is 1.80. The maximum absolute atomic E-state index is 12.5. The van der Waals surface area contributed by atoms with Gasteiger partial charge in [-0.05, 0) is 25.3 Å². The predicted molar refractivity (Wildman–Crippen MR) is 111 cm³/mol. The molecule has 3 rings (SSSR count). The Morgan fingerprint density at radius 1 is 1.11 bits per heavy atom. The molecule has 0 atom stereocenters. The summed E-state index contributed by atoms with van der Waals surface area (Å²) in [4.78, 5) is 21.3. The zero-order chi connectivity index (χ0) is 19.6. The number of aromatic nitrogens is 2. The third kappa shape index (κ3) is 6.22. The van der Waals surface area contributed by atoms with E-state index in [4.69, 9.17) is 0 Å². The molecule has 8 heteroatoms. The van der Waals surface area contributed by atoms with Crippen LogP contribution in [0.5, 0.6) is 0 Å². The van der Waals surface area contributed by atoms with Crippen LogP contribution in [0.25, 0.3) is 0 Å². The fraction of sp³-hybridized carbons (Fsp3) is 0.750. The summed E-state index contributed by atoms with van der Waals surface area (Å²) in [5.41, 5.74) is 0. The molecule has 2 fully saturated rings. The van der Waals surface area contributed by atoms with Gasteiger partial charge < -0.3 is 15.5 Å². The Morgan fingerprint density at radius 3 is 2.54 bits per heavy atom. The van der Waals surface area contributed by atoms with E-state index in [0.29, 0.717) is 11.8 Å². The van der Waals surface area contributed by atoms with Crippen molar-refractivity contribution in [2.45, 2.75) is 38.6 Å². The summed E-state index contributed by atoms with van der Waals surface area (Å²) >= 11 is 0. The van der Waals surface area contributed by atoms with E-state index in [1.165, 1.54) is 12.8 Å². The van der Waals surface area contributed by atoms with E-state index in [1.807, 2.05) is 16.9 Å². The molecule has 1 aromatic rings. The van der Waals surface area contributed by atoms with Crippen LogP contribution in [-0.4, -0.2) is 84.3 Å². The molecule has 2 heterocycles. The van der Waals surface area contributed by atoms with Gasteiger partial charge in [-0.25, -0.2) is 0 Å². The molecule has 1 amide bonds. The number of rotatable bonds is 8. The van der Waals surface area contributed by atoms with Crippen LogP contribution in [-0.2, 0) is 11.3 Å². The van der Waals surface area contributed by atoms with Crippen molar-refractivity contribution in [3.05, 3.63) is 18.5 Å². The quantitative estimate of drug-likeness (QED) is 0.390. The van der Waals surface area contributed by atoms with Crippen molar-refractivity contribution in [1.82, 2.24) is 30.2 Å². The standard InChI is InChI=1S/C20H35N7O/c1-21-20(22-8-4-11-27-12-5-9-24-27)23-10-13-25-14-16-26(17-15-25)19(28)18-6-2-3-7-18/h5,9,12,18H,2-4,6-8,10-11,13-17H2,1H3,(H2,21,22,23). The van der Waals surface area contributed by atoms with Gasteiger partial charge >= 0.3 is 0 Å². The van der Waals surface area contributed by atoms with Crippen LogP contribution in [0, 0.1) is 5.92 Å². The second kappa shape index (κ2) is 11.0. The molecule has 0 radical (unpaired) electrons. The van der Waals surface area contributed by atoms with Gasteiger partial charge in [0.2, 0.25) is 5.91 Å². The number of amides is 1. The van der Waals surface area contributed by atoms with Gasteiger partial charge in [0.25, 0.3) is 0 Å². The number of aliphatic imine (C=N–C) groups is 1. The number of piperazine rings is 1. The molecule has 1 aliphatic carbocycles. The normalized spacial score (nSPS) is 19.2. The maximum atomic E-state index is 12.5. The molecule has 1 saturated carbocycles. The van der Waals surface area contributed by atoms with E-state index >= 15 is 0 Å². The number of carbonyl (C=O) groups is 1. The number of hydrogen-bond donors (Lipinski definition) is 2. The summed E-state index contributed by atoms with van der Waals surface area (Å²) in [5, 5.41) is 10.9. The van der Waals surface area contributed by atoms with E-state index < -0.39 is 0 Å². The van der Waals surface area contributed by atoms with Gasteiger partial charge in [-0.3, -0.25) is 19.4 Å². The Labute approximate surface area is 168 Å². The minimum Gasteiger partial charge on any atom is -0.356 e. The lowest BCUT2D eigenvalue weighted by atomic mass is 10.1. The van der Waals surface area contributed by atoms with E-state index in [1.54, 1.807) is 13.2 Å². The Kier molecular flexibility index (Phi) is 8.14. The molecule has 1 aromatic heterocycles. The zero-order valence-electron chi connectivity index (χ0n) is 17.1. The van der Waals surface area contributed by atoms with Crippen LogP contribution >= 0.6 is 0 Å². The van der Waals surface area contributed by atoms with Gasteiger partial charge in [0.1, 0.15) is 0 Å². The van der Waals surface area contributed by atoms with Crippen molar-refractivity contribution in [2.75, 3.05) is 52.9 Å². The molecule has 0 spiro atoms. The third-order valence-electron chi connectivity index (χ3n) is 5.75. The molecule has 1 aliphatic heterocycles. The van der Waals surface area contributed by atoms with Crippen molar-refractivity contribution in [3.63, 3.8) is 0 Å². The summed E-state index contributed by atoms with van der Waals surface area (Å²) in [5.74, 6) is 1.54. The Bertz CT molecular complexity index is 602. The van der Waals surface area contributed by atoms with Gasteiger partial charge in [0.05, 0.1) is 0 Å². The molecule has 0 unspecified atom stereocenters. The monoisotopic (exact) mass is 389 g/mol. The largest absolute Gasteiger partial charge is 0.356 e. The van der Waals surface area contributed by atoms with Crippen molar-refractivity contribution in [3.8, 4) is 0 Å². The Hall–Kier alpha value is -2.09. The molecule has 0 bridgehead atoms. The highest BCUT2D eigenvalue weighted by atomic mass is 16.2. The van der Waals surface area contributed by atoms with Crippen LogP contribution in [0.1, 0.15) is 32.1 Å². The number of hydrogen-bond acceptors (Lipinski definition) is 4. The Balaban J connectivity index is 1.25. The number of guanidine groups is 1. The first-order valence-electron chi connectivity index (χ1n) is 10.7. The topological polar surface area (TPSA) is 77.8 Å². The third-order valence-corrected chi connectivity index (χ3v) is 5.75. The smallest absolute Gasteiger partial charge is 0.225 e. The van der Waals surface area contributed by atoms with Crippen LogP contribution in [0.3, 0.4) is 0 Å². The van der Waals surface area contributed by atoms with E-state index in [0.717, 1.165) is 77.6 Å². The summed E-state index contributed by atoms with van der Waals surface area (Å²) in [6.07, 6.45) is 9.42. The Morgan fingerprint density at radius 2 is 1.86 bits per heavy atom. The van der Waals surface area contributed by atoms with Crippen molar-refractivity contribution in [2.24, 2.45) is 10.9 Å². The summed E-state index contributed by atoms with van der Waals surface area (Å²) in [6, 6.07) is 1.94. The number of carbonyl (C=O) groups excluding carboxylic acids is 1. The summed E-state index contributed by atoms with van der Waals surface area (Å²) < 4.78 is 1.94. The van der Waals surface area contributed by atoms with Crippen LogP contribution in [0.4, 0.5) is 0 Å². The van der Waals surface area contributed by atoms with Crippen molar-refractivity contribution < 1.29 is 4.79 Å². The number of aryl methyl sites for hydroxylation is 1. The first kappa shape index (κ1) is 20.6. The lowest BCUT2D eigenvalue weighted by Crippen LogP contribution is -2.51. The van der Waals surface area contributed by atoms with Gasteiger partial charge in [-0.1, -0.05) is 12.8 Å². The number of nitrogens with zero attached hydrogens (tertiary/aromatic N) is 5. The molecule has 0 aromatic carbocycles. The molecule has 156 valence electrons. The molecule has 28 heavy (non-hydrogen) atoms. The fourth-order valence-electron chi connectivity index (χ4n) is 4.06. The highest BCUT2D eigenvalue weighted by molar-refractivity contribution is 5.79. The molecule has 8 nitrogen and oxygen atoms in total. The average molecular weight is 390 g/mol. The van der Waals surface area contributed by atoms with Gasteiger partial charge in [-0.15, -0.1) is 0 Å². The van der Waals surface area contributed by atoms with Crippen molar-refractivity contribution >= 4 is 11.9 Å². The van der Waals surface area contributed by atoms with Crippen LogP contribution in [0.15, 0.2) is 23.5 Å². The first-order chi connectivity index (χ1) is 13.8. The minimum absolute atomic E-state index is 0.302. The maximum Gasteiger partial charge on any atom is 0.225 e. The molecular weight excluding hydrogens is 354 g/mol. The van der Waals surface area contributed by atoms with E-state index in [9.17, 15) is 4.79 Å². The van der Waals surface area contributed by atoms with Crippen molar-refractivity contribution in [1.29, 1.82) is 0 Å². The molecule has 1 saturated heterocycles. The second-order valence-electron chi connectivity index (χ2n) is 7.70. The lowest BCUT2D eigenvalue weighted by Gasteiger charge is -2.36. The highest BCUT2D eigenvalue weighted by Crippen LogP contribution is 2.26. The zero-order valence-corrected chi connectivity index (χ0v) is 17.1. The van der Waals surface area contributed by atoms with Gasteiger partial charge in [0, 0.05) is 77.7 Å². The SMILES string of the molecule is CN=C(NCCCn1cccn1)NCCN1CCN(C(=O)C2CCCC2)CC1. The fourth-order valence-corrected chi connectivity index (χ4v) is 4.06. The highest BCUT2D eigenvalue weighted by Gasteiger charge is 2.29. The first-order valence-corrected chi connectivity index (χ1v) is 10.7. The second-order valence-corrected chi connectivity index (χ2v) is 7.70. The predicted octanol–water partition coefficient (Wildman–Crippen LogP) is 0.773. The molecular formula is C20H35N7O. The van der Waals surface area contributed by atoms with Gasteiger partial charge in [0.15, 0.2) is 5.96 Å². The lowest BCUT2D eigenvalue weighted by molar-refractivity contribution is -0.137. The number of nitrogens with one attached hydrogen (secondary N) is 2.